The molecular weight excluding hydrogens is 210 g/mol. The SMILES string of the molecule is CCC(CN)CC(=O)Cc1cc(C)ccc1C. The topological polar surface area (TPSA) is 43.1 Å². The zero-order chi connectivity index (χ0) is 12.8. The summed E-state index contributed by atoms with van der Waals surface area (Å²) in [5, 5.41) is 0. The van der Waals surface area contributed by atoms with Gasteiger partial charge in [0.25, 0.3) is 0 Å². The second-order valence-corrected chi connectivity index (χ2v) is 4.86. The van der Waals surface area contributed by atoms with Gasteiger partial charge < -0.3 is 5.73 Å². The largest absolute Gasteiger partial charge is 0.330 e. The van der Waals surface area contributed by atoms with Crippen molar-refractivity contribution in [3.8, 4) is 0 Å². The second-order valence-electron chi connectivity index (χ2n) is 4.86. The van der Waals surface area contributed by atoms with Crippen molar-refractivity contribution in [1.82, 2.24) is 0 Å². The van der Waals surface area contributed by atoms with Crippen LogP contribution in [0.4, 0.5) is 0 Å². The molecule has 0 aromatic heterocycles. The third kappa shape index (κ3) is 4.31. The molecule has 1 atom stereocenters. The van der Waals surface area contributed by atoms with Crippen LogP contribution in [0.3, 0.4) is 0 Å². The monoisotopic (exact) mass is 233 g/mol. The van der Waals surface area contributed by atoms with Gasteiger partial charge in [-0.3, -0.25) is 4.79 Å². The Morgan fingerprint density at radius 2 is 2.06 bits per heavy atom. The smallest absolute Gasteiger partial charge is 0.137 e. The van der Waals surface area contributed by atoms with E-state index in [-0.39, 0.29) is 0 Å². The average Bonchev–Trinajstić information content (AvgIpc) is 2.31. The summed E-state index contributed by atoms with van der Waals surface area (Å²) in [5.74, 6) is 0.642. The number of nitrogens with two attached hydrogens (primary N) is 1. The molecule has 0 spiro atoms. The Morgan fingerprint density at radius 3 is 2.65 bits per heavy atom. The molecule has 0 bridgehead atoms. The number of hydrogen-bond acceptors (Lipinski definition) is 2. The maximum absolute atomic E-state index is 11.9. The molecular formula is C15H23NO. The van der Waals surface area contributed by atoms with E-state index in [0.717, 1.165) is 12.0 Å². The summed E-state index contributed by atoms with van der Waals surface area (Å²) in [4.78, 5) is 11.9. The number of rotatable bonds is 6. The fraction of sp³-hybridized carbons (Fsp3) is 0.533. The van der Waals surface area contributed by atoms with E-state index in [1.165, 1.54) is 11.1 Å². The van der Waals surface area contributed by atoms with E-state index in [1.807, 2.05) is 0 Å². The van der Waals surface area contributed by atoms with Gasteiger partial charge in [-0.2, -0.15) is 0 Å². The van der Waals surface area contributed by atoms with Gasteiger partial charge in [-0.05, 0) is 37.4 Å². The number of carbonyl (C=O) groups is 1. The summed E-state index contributed by atoms with van der Waals surface area (Å²) in [7, 11) is 0. The van der Waals surface area contributed by atoms with Gasteiger partial charge in [0.05, 0.1) is 0 Å². The minimum Gasteiger partial charge on any atom is -0.330 e. The lowest BCUT2D eigenvalue weighted by Gasteiger charge is -2.12. The van der Waals surface area contributed by atoms with E-state index in [2.05, 4.69) is 39.0 Å². The van der Waals surface area contributed by atoms with Crippen molar-refractivity contribution in [3.63, 3.8) is 0 Å². The molecule has 1 rings (SSSR count). The highest BCUT2D eigenvalue weighted by Gasteiger charge is 2.12. The fourth-order valence-electron chi connectivity index (χ4n) is 1.99. The predicted octanol–water partition coefficient (Wildman–Crippen LogP) is 2.79. The lowest BCUT2D eigenvalue weighted by atomic mass is 9.94. The van der Waals surface area contributed by atoms with Crippen LogP contribution in [0, 0.1) is 19.8 Å². The normalized spacial score (nSPS) is 12.5. The summed E-state index contributed by atoms with van der Waals surface area (Å²) in [5.41, 5.74) is 9.19. The predicted molar refractivity (Wildman–Crippen MR) is 72.1 cm³/mol. The first kappa shape index (κ1) is 13.9. The van der Waals surface area contributed by atoms with Crippen LogP contribution >= 0.6 is 0 Å². The van der Waals surface area contributed by atoms with Crippen LogP contribution in [0.15, 0.2) is 18.2 Å². The minimum atomic E-state index is 0.302. The molecule has 0 saturated heterocycles. The Morgan fingerprint density at radius 1 is 1.35 bits per heavy atom. The van der Waals surface area contributed by atoms with Crippen LogP contribution < -0.4 is 5.73 Å². The highest BCUT2D eigenvalue weighted by molar-refractivity contribution is 5.81. The molecule has 94 valence electrons. The molecule has 0 heterocycles. The minimum absolute atomic E-state index is 0.302. The zero-order valence-electron chi connectivity index (χ0n) is 11.1. The number of Topliss-reactive ketones (excluding diaryl/α,β-unsaturated/α-hetero) is 1. The van der Waals surface area contributed by atoms with E-state index in [1.54, 1.807) is 0 Å². The molecule has 0 aliphatic heterocycles. The van der Waals surface area contributed by atoms with E-state index < -0.39 is 0 Å². The van der Waals surface area contributed by atoms with Crippen LogP contribution in [0.25, 0.3) is 0 Å². The van der Waals surface area contributed by atoms with Crippen molar-refractivity contribution in [2.45, 2.75) is 40.0 Å². The van der Waals surface area contributed by atoms with Gasteiger partial charge in [-0.25, -0.2) is 0 Å². The third-order valence-electron chi connectivity index (χ3n) is 3.32. The molecule has 2 N–H and O–H groups in total. The summed E-state index contributed by atoms with van der Waals surface area (Å²) >= 11 is 0. The average molecular weight is 233 g/mol. The highest BCUT2D eigenvalue weighted by Crippen LogP contribution is 2.14. The maximum Gasteiger partial charge on any atom is 0.137 e. The standard InChI is InChI=1S/C15H23NO/c1-4-13(10-16)8-15(17)9-14-7-11(2)5-6-12(14)3/h5-7,13H,4,8-10,16H2,1-3H3. The van der Waals surface area contributed by atoms with E-state index >= 15 is 0 Å². The second kappa shape index (κ2) is 6.55. The molecule has 1 unspecified atom stereocenters. The number of carbonyl (C=O) groups excluding carboxylic acids is 1. The summed E-state index contributed by atoms with van der Waals surface area (Å²) in [6.07, 6.45) is 2.14. The molecule has 0 radical (unpaired) electrons. The Kier molecular flexibility index (Phi) is 5.36. The molecule has 1 aromatic carbocycles. The quantitative estimate of drug-likeness (QED) is 0.821. The van der Waals surface area contributed by atoms with Crippen molar-refractivity contribution < 1.29 is 4.79 Å². The highest BCUT2D eigenvalue weighted by atomic mass is 16.1. The maximum atomic E-state index is 11.9. The van der Waals surface area contributed by atoms with Crippen molar-refractivity contribution in [2.24, 2.45) is 11.7 Å². The Bertz CT molecular complexity index is 381. The van der Waals surface area contributed by atoms with Crippen LogP contribution in [-0.4, -0.2) is 12.3 Å². The van der Waals surface area contributed by atoms with Crippen LogP contribution in [0.5, 0.6) is 0 Å². The Balaban J connectivity index is 2.64. The molecule has 0 aliphatic carbocycles. The van der Waals surface area contributed by atoms with Crippen molar-refractivity contribution >= 4 is 5.78 Å². The lowest BCUT2D eigenvalue weighted by molar-refractivity contribution is -0.119. The van der Waals surface area contributed by atoms with E-state index in [9.17, 15) is 4.79 Å². The molecule has 0 aliphatic rings. The first-order valence-corrected chi connectivity index (χ1v) is 6.34. The molecule has 2 heteroatoms. The van der Waals surface area contributed by atoms with Crippen molar-refractivity contribution in [1.29, 1.82) is 0 Å². The zero-order valence-corrected chi connectivity index (χ0v) is 11.1. The van der Waals surface area contributed by atoms with Crippen molar-refractivity contribution in [3.05, 3.63) is 34.9 Å². The number of benzene rings is 1. The number of aryl methyl sites for hydroxylation is 2. The molecule has 0 saturated carbocycles. The van der Waals surface area contributed by atoms with Crippen LogP contribution in [0.1, 0.15) is 36.5 Å². The fourth-order valence-corrected chi connectivity index (χ4v) is 1.99. The Labute approximate surface area is 104 Å². The third-order valence-corrected chi connectivity index (χ3v) is 3.32. The summed E-state index contributed by atoms with van der Waals surface area (Å²) in [6.45, 7) is 6.81. The van der Waals surface area contributed by atoms with Gasteiger partial charge in [0.1, 0.15) is 5.78 Å². The summed E-state index contributed by atoms with van der Waals surface area (Å²) < 4.78 is 0. The molecule has 2 nitrogen and oxygen atoms in total. The van der Waals surface area contributed by atoms with E-state index in [0.29, 0.717) is 31.1 Å². The van der Waals surface area contributed by atoms with E-state index in [4.69, 9.17) is 5.73 Å². The molecule has 1 aromatic rings. The first-order valence-electron chi connectivity index (χ1n) is 6.34. The van der Waals surface area contributed by atoms with Gasteiger partial charge in [-0.15, -0.1) is 0 Å². The Hall–Kier alpha value is -1.15. The summed E-state index contributed by atoms with van der Waals surface area (Å²) in [6, 6.07) is 6.27. The van der Waals surface area contributed by atoms with Crippen LogP contribution in [-0.2, 0) is 11.2 Å². The number of hydrogen-bond donors (Lipinski definition) is 1. The molecule has 0 fully saturated rings. The molecule has 0 amide bonds. The number of ketones is 1. The lowest BCUT2D eigenvalue weighted by Crippen LogP contribution is -2.18. The van der Waals surface area contributed by atoms with Gasteiger partial charge in [0.2, 0.25) is 0 Å². The van der Waals surface area contributed by atoms with Gasteiger partial charge in [0.15, 0.2) is 0 Å². The van der Waals surface area contributed by atoms with Crippen molar-refractivity contribution in [2.75, 3.05) is 6.54 Å². The first-order chi connectivity index (χ1) is 8.06. The van der Waals surface area contributed by atoms with Gasteiger partial charge >= 0.3 is 0 Å². The van der Waals surface area contributed by atoms with Crippen LogP contribution in [0.2, 0.25) is 0 Å². The molecule has 17 heavy (non-hydrogen) atoms. The van der Waals surface area contributed by atoms with Gasteiger partial charge in [-0.1, -0.05) is 37.1 Å². The van der Waals surface area contributed by atoms with Gasteiger partial charge in [0, 0.05) is 12.8 Å².